The van der Waals surface area contributed by atoms with Gasteiger partial charge in [0, 0.05) is 5.56 Å². The molecule has 0 N–H and O–H groups in total. The van der Waals surface area contributed by atoms with Gasteiger partial charge in [0.15, 0.2) is 6.33 Å². The van der Waals surface area contributed by atoms with Crippen LogP contribution >= 0.6 is 0 Å². The average molecular weight is 164 g/mol. The van der Waals surface area contributed by atoms with Crippen molar-refractivity contribution in [2.24, 2.45) is 0 Å². The summed E-state index contributed by atoms with van der Waals surface area (Å²) in [5.74, 6) is 0.119. The molecular formula is C8H5FN2O. The highest BCUT2D eigenvalue weighted by Gasteiger charge is 2.01. The number of benzene rings is 1. The minimum atomic E-state index is -0.279. The lowest BCUT2D eigenvalue weighted by atomic mass is 10.2. The third-order valence-corrected chi connectivity index (χ3v) is 1.45. The molecule has 0 aliphatic carbocycles. The Labute approximate surface area is 67.8 Å². The van der Waals surface area contributed by atoms with E-state index in [1.807, 2.05) is 0 Å². The third kappa shape index (κ3) is 1.18. The quantitative estimate of drug-likeness (QED) is 0.645. The molecule has 0 aliphatic rings. The molecule has 4 heteroatoms. The Hall–Kier alpha value is -1.71. The van der Waals surface area contributed by atoms with Crippen molar-refractivity contribution < 1.29 is 8.91 Å². The van der Waals surface area contributed by atoms with Gasteiger partial charge in [-0.1, -0.05) is 5.16 Å². The molecule has 1 heterocycles. The average Bonchev–Trinajstić information content (AvgIpc) is 2.58. The van der Waals surface area contributed by atoms with Crippen LogP contribution in [-0.4, -0.2) is 10.1 Å². The smallest absolute Gasteiger partial charge is 0.257 e. The number of hydrogen-bond donors (Lipinski definition) is 0. The predicted molar refractivity (Wildman–Crippen MR) is 39.7 cm³/mol. The molecule has 0 fully saturated rings. The summed E-state index contributed by atoms with van der Waals surface area (Å²) in [5, 5.41) is 3.44. The summed E-state index contributed by atoms with van der Waals surface area (Å²) in [5.41, 5.74) is 0.717. The van der Waals surface area contributed by atoms with E-state index in [0.717, 1.165) is 0 Å². The monoisotopic (exact) mass is 164 g/mol. The first-order valence-electron chi connectivity index (χ1n) is 3.39. The van der Waals surface area contributed by atoms with Gasteiger partial charge in [0.2, 0.25) is 0 Å². The molecule has 3 nitrogen and oxygen atoms in total. The maximum Gasteiger partial charge on any atom is 0.257 e. The second kappa shape index (κ2) is 2.73. The topological polar surface area (TPSA) is 38.9 Å². The van der Waals surface area contributed by atoms with Crippen molar-refractivity contribution in [1.82, 2.24) is 10.1 Å². The van der Waals surface area contributed by atoms with Crippen LogP contribution in [-0.2, 0) is 0 Å². The second-order valence-electron chi connectivity index (χ2n) is 2.25. The molecule has 0 saturated carbocycles. The van der Waals surface area contributed by atoms with E-state index in [0.29, 0.717) is 11.5 Å². The molecule has 0 atom stereocenters. The lowest BCUT2D eigenvalue weighted by Gasteiger charge is -1.91. The van der Waals surface area contributed by atoms with Crippen molar-refractivity contribution in [3.63, 3.8) is 0 Å². The molecule has 0 amide bonds. The van der Waals surface area contributed by atoms with Crippen molar-refractivity contribution in [1.29, 1.82) is 0 Å². The van der Waals surface area contributed by atoms with Gasteiger partial charge < -0.3 is 4.52 Å². The molecule has 0 aliphatic heterocycles. The van der Waals surface area contributed by atoms with E-state index >= 15 is 0 Å². The number of aromatic nitrogens is 2. The van der Waals surface area contributed by atoms with Crippen LogP contribution in [0.15, 0.2) is 35.1 Å². The number of rotatable bonds is 1. The Morgan fingerprint density at radius 1 is 1.17 bits per heavy atom. The zero-order valence-electron chi connectivity index (χ0n) is 6.07. The Kier molecular flexibility index (Phi) is 1.59. The lowest BCUT2D eigenvalue weighted by Crippen LogP contribution is -1.77. The lowest BCUT2D eigenvalue weighted by molar-refractivity contribution is 0.430. The molecule has 60 valence electrons. The summed E-state index contributed by atoms with van der Waals surface area (Å²) in [7, 11) is 0. The Morgan fingerprint density at radius 3 is 2.50 bits per heavy atom. The van der Waals surface area contributed by atoms with Gasteiger partial charge in [-0.25, -0.2) is 4.39 Å². The van der Waals surface area contributed by atoms with Crippen molar-refractivity contribution in [2.45, 2.75) is 0 Å². The van der Waals surface area contributed by atoms with E-state index in [-0.39, 0.29) is 5.82 Å². The van der Waals surface area contributed by atoms with Gasteiger partial charge in [-0.15, -0.1) is 0 Å². The van der Waals surface area contributed by atoms with Crippen LogP contribution in [0.25, 0.3) is 11.5 Å². The van der Waals surface area contributed by atoms with E-state index in [2.05, 4.69) is 10.1 Å². The van der Waals surface area contributed by atoms with Crippen LogP contribution in [0.5, 0.6) is 0 Å². The fourth-order valence-electron chi connectivity index (χ4n) is 0.893. The zero-order valence-corrected chi connectivity index (χ0v) is 6.07. The minimum Gasteiger partial charge on any atom is -0.334 e. The van der Waals surface area contributed by atoms with Gasteiger partial charge in [0.05, 0.1) is 0 Å². The Morgan fingerprint density at radius 2 is 1.92 bits per heavy atom. The molecule has 0 bridgehead atoms. The fraction of sp³-hybridized carbons (Fsp3) is 0. The van der Waals surface area contributed by atoms with Gasteiger partial charge in [-0.05, 0) is 24.3 Å². The predicted octanol–water partition coefficient (Wildman–Crippen LogP) is 1.88. The summed E-state index contributed by atoms with van der Waals surface area (Å²) in [6, 6.07) is 5.87. The highest BCUT2D eigenvalue weighted by atomic mass is 19.1. The summed E-state index contributed by atoms with van der Waals surface area (Å²) < 4.78 is 17.2. The van der Waals surface area contributed by atoms with E-state index in [1.54, 1.807) is 12.1 Å². The first-order chi connectivity index (χ1) is 5.86. The number of hydrogen-bond acceptors (Lipinski definition) is 3. The van der Waals surface area contributed by atoms with Crippen molar-refractivity contribution in [2.75, 3.05) is 0 Å². The van der Waals surface area contributed by atoms with Crippen LogP contribution in [0.1, 0.15) is 0 Å². The van der Waals surface area contributed by atoms with E-state index < -0.39 is 0 Å². The summed E-state index contributed by atoms with van der Waals surface area (Å²) in [6.07, 6.45) is 1.30. The molecular weight excluding hydrogens is 159 g/mol. The summed E-state index contributed by atoms with van der Waals surface area (Å²) in [6.45, 7) is 0. The van der Waals surface area contributed by atoms with E-state index in [9.17, 15) is 4.39 Å². The first kappa shape index (κ1) is 6.97. The SMILES string of the molecule is Fc1ccc(-c2ncno2)cc1. The second-order valence-corrected chi connectivity index (χ2v) is 2.25. The summed E-state index contributed by atoms with van der Waals surface area (Å²) >= 11 is 0. The van der Waals surface area contributed by atoms with Crippen LogP contribution < -0.4 is 0 Å². The summed E-state index contributed by atoms with van der Waals surface area (Å²) in [4.78, 5) is 3.82. The molecule has 0 spiro atoms. The van der Waals surface area contributed by atoms with Gasteiger partial charge >= 0.3 is 0 Å². The van der Waals surface area contributed by atoms with E-state index in [1.165, 1.54) is 18.5 Å². The molecule has 12 heavy (non-hydrogen) atoms. The number of halogens is 1. The van der Waals surface area contributed by atoms with Crippen LogP contribution in [0.2, 0.25) is 0 Å². The number of nitrogens with zero attached hydrogens (tertiary/aromatic N) is 2. The molecule has 1 aromatic carbocycles. The fourth-order valence-corrected chi connectivity index (χ4v) is 0.893. The minimum absolute atomic E-state index is 0.279. The molecule has 0 saturated heterocycles. The maximum atomic E-state index is 12.5. The van der Waals surface area contributed by atoms with Crippen molar-refractivity contribution in [3.05, 3.63) is 36.4 Å². The standard InChI is InChI=1S/C8H5FN2O/c9-7-3-1-6(2-4-7)8-10-5-11-12-8/h1-5H. The third-order valence-electron chi connectivity index (χ3n) is 1.45. The van der Waals surface area contributed by atoms with Crippen LogP contribution in [0, 0.1) is 5.82 Å². The van der Waals surface area contributed by atoms with Crippen LogP contribution in [0.3, 0.4) is 0 Å². The molecule has 2 rings (SSSR count). The van der Waals surface area contributed by atoms with Gasteiger partial charge in [0.1, 0.15) is 5.82 Å². The first-order valence-corrected chi connectivity index (χ1v) is 3.39. The Balaban J connectivity index is 2.43. The molecule has 2 aromatic rings. The highest BCUT2D eigenvalue weighted by Crippen LogP contribution is 2.15. The molecule has 0 unspecified atom stereocenters. The van der Waals surface area contributed by atoms with Crippen molar-refractivity contribution in [3.8, 4) is 11.5 Å². The maximum absolute atomic E-state index is 12.5. The van der Waals surface area contributed by atoms with Gasteiger partial charge in [-0.3, -0.25) is 0 Å². The van der Waals surface area contributed by atoms with E-state index in [4.69, 9.17) is 4.52 Å². The normalized spacial score (nSPS) is 10.1. The highest BCUT2D eigenvalue weighted by molar-refractivity contribution is 5.51. The molecule has 1 aromatic heterocycles. The zero-order chi connectivity index (χ0) is 8.39. The largest absolute Gasteiger partial charge is 0.334 e. The Bertz CT molecular complexity index is 355. The van der Waals surface area contributed by atoms with Crippen molar-refractivity contribution >= 4 is 0 Å². The van der Waals surface area contributed by atoms with Crippen LogP contribution in [0.4, 0.5) is 4.39 Å². The van der Waals surface area contributed by atoms with Gasteiger partial charge in [-0.2, -0.15) is 4.98 Å². The van der Waals surface area contributed by atoms with Gasteiger partial charge in [0.25, 0.3) is 5.89 Å². The molecule has 0 radical (unpaired) electrons.